The van der Waals surface area contributed by atoms with Gasteiger partial charge in [0.2, 0.25) is 0 Å². The van der Waals surface area contributed by atoms with Crippen molar-refractivity contribution in [2.24, 2.45) is 0 Å². The maximum absolute atomic E-state index is 13.6. The maximum atomic E-state index is 13.6. The lowest BCUT2D eigenvalue weighted by Crippen LogP contribution is -2.17. The monoisotopic (exact) mass is 223 g/mol. The molecule has 2 heteroatoms. The van der Waals surface area contributed by atoms with Crippen molar-refractivity contribution in [3.05, 3.63) is 35.1 Å². The molecule has 0 fully saturated rings. The van der Waals surface area contributed by atoms with E-state index >= 15 is 0 Å². The molecule has 1 aromatic rings. The van der Waals surface area contributed by atoms with Gasteiger partial charge >= 0.3 is 0 Å². The van der Waals surface area contributed by atoms with Crippen molar-refractivity contribution in [3.8, 4) is 0 Å². The number of halogens is 1. The van der Waals surface area contributed by atoms with Crippen LogP contribution in [0.5, 0.6) is 0 Å². The molecule has 0 saturated carbocycles. The Morgan fingerprint density at radius 2 is 2.06 bits per heavy atom. The zero-order chi connectivity index (χ0) is 12.0. The number of benzene rings is 1. The lowest BCUT2D eigenvalue weighted by atomic mass is 9.96. The highest BCUT2D eigenvalue weighted by Gasteiger charge is 2.10. The lowest BCUT2D eigenvalue weighted by Gasteiger charge is -2.14. The number of rotatable bonds is 6. The molecule has 1 unspecified atom stereocenters. The molecule has 0 heterocycles. The first-order chi connectivity index (χ1) is 7.65. The molecule has 0 aliphatic rings. The second-order valence-corrected chi connectivity index (χ2v) is 4.46. The van der Waals surface area contributed by atoms with Crippen LogP contribution in [0.3, 0.4) is 0 Å². The highest BCUT2D eigenvalue weighted by Crippen LogP contribution is 2.22. The topological polar surface area (TPSA) is 12.0 Å². The predicted octanol–water partition coefficient (Wildman–Crippen LogP) is 3.63. The normalized spacial score (nSPS) is 12.8. The summed E-state index contributed by atoms with van der Waals surface area (Å²) in [5, 5.41) is 3.35. The Hall–Kier alpha value is -0.890. The molecule has 1 rings (SSSR count). The van der Waals surface area contributed by atoms with Gasteiger partial charge in [-0.25, -0.2) is 4.39 Å². The minimum atomic E-state index is -0.0754. The summed E-state index contributed by atoms with van der Waals surface area (Å²) in [6, 6.07) is 5.35. The van der Waals surface area contributed by atoms with Gasteiger partial charge in [-0.2, -0.15) is 0 Å². The third-order valence-corrected chi connectivity index (χ3v) is 2.86. The van der Waals surface area contributed by atoms with Gasteiger partial charge in [-0.15, -0.1) is 0 Å². The van der Waals surface area contributed by atoms with E-state index < -0.39 is 0 Å². The van der Waals surface area contributed by atoms with E-state index in [9.17, 15) is 4.39 Å². The fourth-order valence-electron chi connectivity index (χ4n) is 1.82. The zero-order valence-electron chi connectivity index (χ0n) is 10.5. The Kier molecular flexibility index (Phi) is 5.47. The van der Waals surface area contributed by atoms with Gasteiger partial charge in [0.25, 0.3) is 0 Å². The first-order valence-corrected chi connectivity index (χ1v) is 6.12. The van der Waals surface area contributed by atoms with E-state index in [4.69, 9.17) is 0 Å². The van der Waals surface area contributed by atoms with Crippen LogP contribution in [0.25, 0.3) is 0 Å². The second-order valence-electron chi connectivity index (χ2n) is 4.46. The predicted molar refractivity (Wildman–Crippen MR) is 67.3 cm³/mol. The van der Waals surface area contributed by atoms with E-state index in [1.54, 1.807) is 6.07 Å². The van der Waals surface area contributed by atoms with E-state index in [0.29, 0.717) is 0 Å². The van der Waals surface area contributed by atoms with E-state index in [1.807, 2.05) is 19.1 Å². The minimum absolute atomic E-state index is 0.0754. The van der Waals surface area contributed by atoms with Crippen molar-refractivity contribution in [3.63, 3.8) is 0 Å². The maximum Gasteiger partial charge on any atom is 0.126 e. The van der Waals surface area contributed by atoms with Crippen molar-refractivity contribution >= 4 is 0 Å². The van der Waals surface area contributed by atoms with Crippen LogP contribution in [0.2, 0.25) is 0 Å². The Morgan fingerprint density at radius 1 is 1.31 bits per heavy atom. The third kappa shape index (κ3) is 3.93. The molecule has 0 saturated heterocycles. The highest BCUT2D eigenvalue weighted by molar-refractivity contribution is 5.26. The van der Waals surface area contributed by atoms with Gasteiger partial charge in [0, 0.05) is 0 Å². The highest BCUT2D eigenvalue weighted by atomic mass is 19.1. The molecule has 0 bridgehead atoms. The lowest BCUT2D eigenvalue weighted by molar-refractivity contribution is 0.551. The van der Waals surface area contributed by atoms with Crippen molar-refractivity contribution < 1.29 is 4.39 Å². The van der Waals surface area contributed by atoms with Crippen LogP contribution < -0.4 is 5.32 Å². The zero-order valence-corrected chi connectivity index (χ0v) is 10.5. The summed E-state index contributed by atoms with van der Waals surface area (Å²) < 4.78 is 13.6. The minimum Gasteiger partial charge on any atom is -0.317 e. The van der Waals surface area contributed by atoms with Crippen LogP contribution in [0, 0.1) is 12.7 Å². The Bertz CT molecular complexity index is 323. The van der Waals surface area contributed by atoms with Gasteiger partial charge in [0.05, 0.1) is 0 Å². The van der Waals surface area contributed by atoms with Crippen molar-refractivity contribution in [2.45, 2.75) is 39.5 Å². The van der Waals surface area contributed by atoms with Gasteiger partial charge in [-0.1, -0.05) is 31.5 Å². The van der Waals surface area contributed by atoms with E-state index in [-0.39, 0.29) is 11.7 Å². The first-order valence-electron chi connectivity index (χ1n) is 6.12. The summed E-state index contributed by atoms with van der Waals surface area (Å²) in [5.41, 5.74) is 1.98. The van der Waals surface area contributed by atoms with Crippen LogP contribution in [0.4, 0.5) is 4.39 Å². The van der Waals surface area contributed by atoms with Gasteiger partial charge in [0.1, 0.15) is 5.82 Å². The van der Waals surface area contributed by atoms with Crippen LogP contribution >= 0.6 is 0 Å². The average molecular weight is 223 g/mol. The molecule has 0 radical (unpaired) electrons. The largest absolute Gasteiger partial charge is 0.317 e. The van der Waals surface area contributed by atoms with Crippen LogP contribution in [0.15, 0.2) is 18.2 Å². The molecular formula is C14H22FN. The third-order valence-electron chi connectivity index (χ3n) is 2.86. The molecule has 0 amide bonds. The van der Waals surface area contributed by atoms with Crippen molar-refractivity contribution in [1.82, 2.24) is 5.32 Å². The standard InChI is InChI=1S/C14H22FN/c1-4-8-16-9-7-12(3)13-10-11(2)5-6-14(13)15/h5-6,10,12,16H,4,7-9H2,1-3H3. The van der Waals surface area contributed by atoms with Crippen LogP contribution in [-0.4, -0.2) is 13.1 Å². The van der Waals surface area contributed by atoms with Gasteiger partial charge in [0.15, 0.2) is 0 Å². The van der Waals surface area contributed by atoms with Crippen molar-refractivity contribution in [2.75, 3.05) is 13.1 Å². The summed E-state index contributed by atoms with van der Waals surface area (Å²) >= 11 is 0. The van der Waals surface area contributed by atoms with Crippen LogP contribution in [0.1, 0.15) is 43.7 Å². The summed E-state index contributed by atoms with van der Waals surface area (Å²) in [5.74, 6) is 0.206. The van der Waals surface area contributed by atoms with Gasteiger partial charge < -0.3 is 5.32 Å². The first kappa shape index (κ1) is 13.2. The van der Waals surface area contributed by atoms with Gasteiger partial charge in [-0.05, 0) is 50.4 Å². The van der Waals surface area contributed by atoms with E-state index in [2.05, 4.69) is 19.2 Å². The quantitative estimate of drug-likeness (QED) is 0.726. The summed E-state index contributed by atoms with van der Waals surface area (Å²) in [7, 11) is 0. The molecule has 1 nitrogen and oxygen atoms in total. The van der Waals surface area contributed by atoms with E-state index in [1.165, 1.54) is 0 Å². The smallest absolute Gasteiger partial charge is 0.126 e. The molecule has 0 aromatic heterocycles. The summed E-state index contributed by atoms with van der Waals surface area (Å²) in [6.07, 6.45) is 2.13. The fraction of sp³-hybridized carbons (Fsp3) is 0.571. The second kappa shape index (κ2) is 6.64. The molecule has 0 aliphatic carbocycles. The van der Waals surface area contributed by atoms with Gasteiger partial charge in [-0.3, -0.25) is 0 Å². The molecule has 1 N–H and O–H groups in total. The SMILES string of the molecule is CCCNCCC(C)c1cc(C)ccc1F. The molecule has 0 aliphatic heterocycles. The molecular weight excluding hydrogens is 201 g/mol. The Labute approximate surface area is 98.1 Å². The van der Waals surface area contributed by atoms with Crippen molar-refractivity contribution in [1.29, 1.82) is 0 Å². The number of hydrogen-bond acceptors (Lipinski definition) is 1. The molecule has 16 heavy (non-hydrogen) atoms. The number of aryl methyl sites for hydroxylation is 1. The fourth-order valence-corrected chi connectivity index (χ4v) is 1.82. The molecule has 90 valence electrons. The molecule has 1 atom stereocenters. The molecule has 1 aromatic carbocycles. The summed E-state index contributed by atoms with van der Waals surface area (Å²) in [6.45, 7) is 8.25. The van der Waals surface area contributed by atoms with Crippen LogP contribution in [-0.2, 0) is 0 Å². The Balaban J connectivity index is 2.51. The Morgan fingerprint density at radius 3 is 2.75 bits per heavy atom. The average Bonchev–Trinajstić information content (AvgIpc) is 2.27. The molecule has 0 spiro atoms. The number of nitrogens with one attached hydrogen (secondary N) is 1. The summed E-state index contributed by atoms with van der Waals surface area (Å²) in [4.78, 5) is 0. The van der Waals surface area contributed by atoms with E-state index in [0.717, 1.165) is 37.1 Å². The number of hydrogen-bond donors (Lipinski definition) is 1.